The van der Waals surface area contributed by atoms with Crippen molar-refractivity contribution < 1.29 is 0 Å². The van der Waals surface area contributed by atoms with Crippen LogP contribution in [0.2, 0.25) is 0 Å². The molecule has 21 heavy (non-hydrogen) atoms. The molecule has 0 aliphatic carbocycles. The highest BCUT2D eigenvalue weighted by atomic mass is 15.2. The zero-order valence-electron chi connectivity index (χ0n) is 12.6. The third-order valence-electron chi connectivity index (χ3n) is 4.28. The van der Waals surface area contributed by atoms with E-state index in [0.29, 0.717) is 6.04 Å². The van der Waals surface area contributed by atoms with Gasteiger partial charge in [-0.15, -0.1) is 0 Å². The van der Waals surface area contributed by atoms with Gasteiger partial charge in [-0.3, -0.25) is 4.90 Å². The molecule has 1 aromatic heterocycles. The van der Waals surface area contributed by atoms with Crippen LogP contribution in [0, 0.1) is 0 Å². The van der Waals surface area contributed by atoms with Crippen molar-refractivity contribution in [3.05, 3.63) is 59.8 Å². The molecule has 1 aliphatic heterocycles. The molecule has 0 amide bonds. The maximum Gasteiger partial charge on any atom is 0.130 e. The SMILES string of the molecule is CNc1ncccc1C1CCCCN1Cc1ccccc1. The summed E-state index contributed by atoms with van der Waals surface area (Å²) in [6.45, 7) is 2.18. The van der Waals surface area contributed by atoms with Crippen molar-refractivity contribution in [2.24, 2.45) is 0 Å². The van der Waals surface area contributed by atoms with Crippen LogP contribution >= 0.6 is 0 Å². The maximum atomic E-state index is 4.48. The van der Waals surface area contributed by atoms with Crippen molar-refractivity contribution in [1.29, 1.82) is 0 Å². The summed E-state index contributed by atoms with van der Waals surface area (Å²) in [4.78, 5) is 7.07. The molecular weight excluding hydrogens is 258 g/mol. The first-order chi connectivity index (χ1) is 10.4. The molecule has 0 bridgehead atoms. The Morgan fingerprint density at radius 1 is 1.14 bits per heavy atom. The average molecular weight is 281 g/mol. The van der Waals surface area contributed by atoms with Crippen molar-refractivity contribution in [2.45, 2.75) is 31.8 Å². The molecule has 1 unspecified atom stereocenters. The predicted molar refractivity (Wildman–Crippen MR) is 87.2 cm³/mol. The summed E-state index contributed by atoms with van der Waals surface area (Å²) in [5.74, 6) is 1.02. The van der Waals surface area contributed by atoms with E-state index in [0.717, 1.165) is 18.9 Å². The zero-order chi connectivity index (χ0) is 14.5. The number of hydrogen-bond acceptors (Lipinski definition) is 3. The van der Waals surface area contributed by atoms with Crippen LogP contribution in [0.15, 0.2) is 48.7 Å². The number of likely N-dealkylation sites (tertiary alicyclic amines) is 1. The van der Waals surface area contributed by atoms with Gasteiger partial charge < -0.3 is 5.32 Å². The number of benzene rings is 1. The number of aromatic nitrogens is 1. The number of rotatable bonds is 4. The summed E-state index contributed by atoms with van der Waals surface area (Å²) in [5.41, 5.74) is 2.72. The van der Waals surface area contributed by atoms with Crippen LogP contribution in [0.3, 0.4) is 0 Å². The quantitative estimate of drug-likeness (QED) is 0.922. The van der Waals surface area contributed by atoms with Gasteiger partial charge in [-0.1, -0.05) is 42.8 Å². The first kappa shape index (κ1) is 14.1. The monoisotopic (exact) mass is 281 g/mol. The number of nitrogens with one attached hydrogen (secondary N) is 1. The highest BCUT2D eigenvalue weighted by molar-refractivity contribution is 5.45. The van der Waals surface area contributed by atoms with E-state index in [2.05, 4.69) is 51.6 Å². The van der Waals surface area contributed by atoms with Crippen LogP contribution in [0.1, 0.15) is 36.4 Å². The normalized spacial score (nSPS) is 19.4. The van der Waals surface area contributed by atoms with Gasteiger partial charge in [0.05, 0.1) is 0 Å². The molecule has 1 fully saturated rings. The molecule has 1 aromatic carbocycles. The number of pyridine rings is 1. The van der Waals surface area contributed by atoms with Gasteiger partial charge in [0.25, 0.3) is 0 Å². The standard InChI is InChI=1S/C18H23N3/c1-19-18-16(10-7-12-20-18)17-11-5-6-13-21(17)14-15-8-3-2-4-9-15/h2-4,7-10,12,17H,5-6,11,13-14H2,1H3,(H,19,20). The smallest absolute Gasteiger partial charge is 0.130 e. The van der Waals surface area contributed by atoms with Crippen molar-refractivity contribution in [1.82, 2.24) is 9.88 Å². The van der Waals surface area contributed by atoms with Crippen LogP contribution in [0.5, 0.6) is 0 Å². The summed E-state index contributed by atoms with van der Waals surface area (Å²) in [6, 6.07) is 15.5. The Bertz CT molecular complexity index is 568. The molecule has 0 saturated carbocycles. The Morgan fingerprint density at radius 3 is 2.81 bits per heavy atom. The number of piperidine rings is 1. The van der Waals surface area contributed by atoms with E-state index >= 15 is 0 Å². The Balaban J connectivity index is 1.84. The predicted octanol–water partition coefficient (Wildman–Crippen LogP) is 3.85. The van der Waals surface area contributed by atoms with Gasteiger partial charge in [0, 0.05) is 31.4 Å². The molecule has 0 spiro atoms. The van der Waals surface area contributed by atoms with E-state index in [1.165, 1.54) is 30.4 Å². The highest BCUT2D eigenvalue weighted by Crippen LogP contribution is 2.34. The molecular formula is C18H23N3. The second kappa shape index (κ2) is 6.72. The molecule has 2 aromatic rings. The second-order valence-electron chi connectivity index (χ2n) is 5.66. The van der Waals surface area contributed by atoms with Crippen LogP contribution in [-0.4, -0.2) is 23.5 Å². The highest BCUT2D eigenvalue weighted by Gasteiger charge is 2.26. The molecule has 1 saturated heterocycles. The molecule has 2 heterocycles. The molecule has 3 rings (SSSR count). The Morgan fingerprint density at radius 2 is 2.00 bits per heavy atom. The van der Waals surface area contributed by atoms with Gasteiger partial charge >= 0.3 is 0 Å². The first-order valence-electron chi connectivity index (χ1n) is 7.79. The van der Waals surface area contributed by atoms with Crippen molar-refractivity contribution in [3.8, 4) is 0 Å². The van der Waals surface area contributed by atoms with E-state index in [1.807, 2.05) is 19.3 Å². The third-order valence-corrected chi connectivity index (χ3v) is 4.28. The molecule has 1 N–H and O–H groups in total. The van der Waals surface area contributed by atoms with Crippen LogP contribution in [0.4, 0.5) is 5.82 Å². The lowest BCUT2D eigenvalue weighted by molar-refractivity contribution is 0.140. The fourth-order valence-electron chi connectivity index (χ4n) is 3.25. The Labute approximate surface area is 127 Å². The van der Waals surface area contributed by atoms with Gasteiger partial charge in [0.15, 0.2) is 0 Å². The van der Waals surface area contributed by atoms with Gasteiger partial charge in [0.2, 0.25) is 0 Å². The van der Waals surface area contributed by atoms with Crippen molar-refractivity contribution in [2.75, 3.05) is 18.9 Å². The average Bonchev–Trinajstić information content (AvgIpc) is 2.56. The fraction of sp³-hybridized carbons (Fsp3) is 0.389. The second-order valence-corrected chi connectivity index (χ2v) is 5.66. The van der Waals surface area contributed by atoms with Gasteiger partial charge in [-0.2, -0.15) is 0 Å². The van der Waals surface area contributed by atoms with E-state index < -0.39 is 0 Å². The molecule has 1 atom stereocenters. The van der Waals surface area contributed by atoms with Crippen LogP contribution < -0.4 is 5.32 Å². The largest absolute Gasteiger partial charge is 0.373 e. The summed E-state index contributed by atoms with van der Waals surface area (Å²) < 4.78 is 0. The Hall–Kier alpha value is -1.87. The van der Waals surface area contributed by atoms with Crippen molar-refractivity contribution in [3.63, 3.8) is 0 Å². The minimum absolute atomic E-state index is 0.468. The third kappa shape index (κ3) is 3.24. The summed E-state index contributed by atoms with van der Waals surface area (Å²) in [5, 5.41) is 3.24. The topological polar surface area (TPSA) is 28.2 Å². The molecule has 1 aliphatic rings. The lowest BCUT2D eigenvalue weighted by Crippen LogP contribution is -2.33. The lowest BCUT2D eigenvalue weighted by atomic mass is 9.95. The summed E-state index contributed by atoms with van der Waals surface area (Å²) in [7, 11) is 1.95. The lowest BCUT2D eigenvalue weighted by Gasteiger charge is -2.36. The minimum atomic E-state index is 0.468. The van der Waals surface area contributed by atoms with Crippen LogP contribution in [-0.2, 0) is 6.54 Å². The van der Waals surface area contributed by atoms with E-state index in [1.54, 1.807) is 0 Å². The zero-order valence-corrected chi connectivity index (χ0v) is 12.6. The number of anilines is 1. The van der Waals surface area contributed by atoms with Gasteiger partial charge in [0.1, 0.15) is 5.82 Å². The van der Waals surface area contributed by atoms with Gasteiger partial charge in [-0.05, 0) is 31.0 Å². The molecule has 110 valence electrons. The van der Waals surface area contributed by atoms with Crippen LogP contribution in [0.25, 0.3) is 0 Å². The van der Waals surface area contributed by atoms with E-state index in [4.69, 9.17) is 0 Å². The first-order valence-corrected chi connectivity index (χ1v) is 7.79. The van der Waals surface area contributed by atoms with E-state index in [-0.39, 0.29) is 0 Å². The minimum Gasteiger partial charge on any atom is -0.373 e. The molecule has 3 nitrogen and oxygen atoms in total. The number of nitrogens with zero attached hydrogens (tertiary/aromatic N) is 2. The summed E-state index contributed by atoms with van der Waals surface area (Å²) >= 11 is 0. The maximum absolute atomic E-state index is 4.48. The van der Waals surface area contributed by atoms with Crippen molar-refractivity contribution >= 4 is 5.82 Å². The molecule has 0 radical (unpaired) electrons. The molecule has 3 heteroatoms. The Kier molecular flexibility index (Phi) is 4.51. The number of hydrogen-bond donors (Lipinski definition) is 1. The summed E-state index contributed by atoms with van der Waals surface area (Å²) in [6.07, 6.45) is 5.67. The fourth-order valence-corrected chi connectivity index (χ4v) is 3.25. The van der Waals surface area contributed by atoms with Gasteiger partial charge in [-0.25, -0.2) is 4.98 Å². The van der Waals surface area contributed by atoms with E-state index in [9.17, 15) is 0 Å².